The van der Waals surface area contributed by atoms with Crippen LogP contribution in [0.25, 0.3) is 0 Å². The Hall–Kier alpha value is -0.260. The van der Waals surface area contributed by atoms with Crippen LogP contribution in [-0.2, 0) is 4.74 Å². The van der Waals surface area contributed by atoms with E-state index in [-0.39, 0.29) is 11.9 Å². The van der Waals surface area contributed by atoms with Gasteiger partial charge in [0.15, 0.2) is 0 Å². The number of rotatable bonds is 3. The third-order valence-electron chi connectivity index (χ3n) is 2.21. The number of benzene rings is 1. The van der Waals surface area contributed by atoms with Gasteiger partial charge in [-0.05, 0) is 44.8 Å². The third-order valence-corrected chi connectivity index (χ3v) is 3.40. The van der Waals surface area contributed by atoms with E-state index in [2.05, 4.69) is 31.9 Å². The normalized spacial score (nSPS) is 19.0. The van der Waals surface area contributed by atoms with Gasteiger partial charge in [-0.15, -0.1) is 0 Å². The van der Waals surface area contributed by atoms with Crippen molar-refractivity contribution >= 4 is 31.9 Å². The van der Waals surface area contributed by atoms with E-state index in [1.165, 1.54) is 0 Å². The van der Waals surface area contributed by atoms with Gasteiger partial charge in [0.25, 0.3) is 0 Å². The molecule has 1 aromatic rings. The fraction of sp³-hybridized carbons (Fsp3) is 0.400. The Morgan fingerprint density at radius 2 is 2.20 bits per heavy atom. The van der Waals surface area contributed by atoms with E-state index in [1.54, 1.807) is 6.07 Å². The highest BCUT2D eigenvalue weighted by molar-refractivity contribution is 9.11. The highest BCUT2D eigenvalue weighted by Gasteiger charge is 2.24. The smallest absolute Gasteiger partial charge is 0.140 e. The largest absolute Gasteiger partial charge is 0.506 e. The molecule has 1 atom stereocenters. The molecule has 1 fully saturated rings. The fourth-order valence-electron chi connectivity index (χ4n) is 1.23. The summed E-state index contributed by atoms with van der Waals surface area (Å²) in [6.45, 7) is 3.10. The Morgan fingerprint density at radius 1 is 1.53 bits per heavy atom. The first-order valence-electron chi connectivity index (χ1n) is 4.51. The standard InChI is InChI=1S/C10H10Br2O3/c1-5-9(13)7(11)2-8(12)10(5)15-4-6-3-14-6/h2,6,13H,3-4H2,1H3. The lowest BCUT2D eigenvalue weighted by molar-refractivity contribution is 0.259. The molecule has 3 nitrogen and oxygen atoms in total. The monoisotopic (exact) mass is 336 g/mol. The van der Waals surface area contributed by atoms with Crippen LogP contribution in [0.5, 0.6) is 11.5 Å². The van der Waals surface area contributed by atoms with Gasteiger partial charge in [-0.3, -0.25) is 0 Å². The zero-order valence-electron chi connectivity index (χ0n) is 8.09. The van der Waals surface area contributed by atoms with Crippen LogP contribution in [0.2, 0.25) is 0 Å². The lowest BCUT2D eigenvalue weighted by Crippen LogP contribution is -2.05. The zero-order valence-corrected chi connectivity index (χ0v) is 11.3. The summed E-state index contributed by atoms with van der Waals surface area (Å²) < 4.78 is 12.1. The van der Waals surface area contributed by atoms with Gasteiger partial charge in [0.1, 0.15) is 24.2 Å². The molecule has 15 heavy (non-hydrogen) atoms. The first-order chi connectivity index (χ1) is 7.09. The number of hydrogen-bond acceptors (Lipinski definition) is 3. The van der Waals surface area contributed by atoms with Crippen molar-refractivity contribution in [2.75, 3.05) is 13.2 Å². The first kappa shape index (κ1) is 11.2. The quantitative estimate of drug-likeness (QED) is 0.862. The van der Waals surface area contributed by atoms with E-state index in [0.717, 1.165) is 16.6 Å². The molecule has 1 N–H and O–H groups in total. The van der Waals surface area contributed by atoms with Gasteiger partial charge in [0, 0.05) is 5.56 Å². The van der Waals surface area contributed by atoms with E-state index >= 15 is 0 Å². The second-order valence-corrected chi connectivity index (χ2v) is 5.12. The van der Waals surface area contributed by atoms with Crippen LogP contribution in [0.4, 0.5) is 0 Å². The van der Waals surface area contributed by atoms with E-state index in [0.29, 0.717) is 16.8 Å². The molecule has 2 rings (SSSR count). The highest BCUT2D eigenvalue weighted by Crippen LogP contribution is 2.40. The van der Waals surface area contributed by atoms with Gasteiger partial charge in [0.2, 0.25) is 0 Å². The van der Waals surface area contributed by atoms with E-state index < -0.39 is 0 Å². The van der Waals surface area contributed by atoms with Crippen LogP contribution in [-0.4, -0.2) is 24.4 Å². The number of phenolic OH excluding ortho intramolecular Hbond substituents is 1. The Kier molecular flexibility index (Phi) is 3.23. The van der Waals surface area contributed by atoms with Gasteiger partial charge in [-0.1, -0.05) is 0 Å². The Morgan fingerprint density at radius 3 is 2.80 bits per heavy atom. The summed E-state index contributed by atoms with van der Waals surface area (Å²) in [7, 11) is 0. The molecule has 1 aliphatic heterocycles. The van der Waals surface area contributed by atoms with Crippen molar-refractivity contribution in [3.05, 3.63) is 20.6 Å². The minimum Gasteiger partial charge on any atom is -0.506 e. The topological polar surface area (TPSA) is 42.0 Å². The lowest BCUT2D eigenvalue weighted by Gasteiger charge is -2.12. The molecule has 0 aromatic heterocycles. The van der Waals surface area contributed by atoms with E-state index in [1.807, 2.05) is 6.92 Å². The maximum atomic E-state index is 9.71. The number of phenols is 1. The van der Waals surface area contributed by atoms with Crippen LogP contribution >= 0.6 is 31.9 Å². The van der Waals surface area contributed by atoms with Crippen LogP contribution in [0.15, 0.2) is 15.0 Å². The summed E-state index contributed by atoms with van der Waals surface area (Å²) in [5.74, 6) is 0.885. The van der Waals surface area contributed by atoms with Crippen molar-refractivity contribution < 1.29 is 14.6 Å². The Bertz CT molecular complexity index is 389. The molecule has 0 amide bonds. The van der Waals surface area contributed by atoms with Crippen molar-refractivity contribution in [3.8, 4) is 11.5 Å². The van der Waals surface area contributed by atoms with Crippen LogP contribution in [0.1, 0.15) is 5.56 Å². The molecule has 1 saturated heterocycles. The van der Waals surface area contributed by atoms with E-state index in [9.17, 15) is 5.11 Å². The zero-order chi connectivity index (χ0) is 11.0. The summed E-state index contributed by atoms with van der Waals surface area (Å²) in [5.41, 5.74) is 0.719. The third kappa shape index (κ3) is 2.46. The summed E-state index contributed by atoms with van der Waals surface area (Å²) >= 11 is 6.66. The van der Waals surface area contributed by atoms with Crippen molar-refractivity contribution in [1.82, 2.24) is 0 Å². The predicted octanol–water partition coefficient (Wildman–Crippen LogP) is 3.00. The fourth-order valence-corrected chi connectivity index (χ4v) is 2.70. The van der Waals surface area contributed by atoms with Gasteiger partial charge in [-0.25, -0.2) is 0 Å². The van der Waals surface area contributed by atoms with E-state index in [4.69, 9.17) is 9.47 Å². The molecule has 0 aliphatic carbocycles. The molecular formula is C10H10Br2O3. The Labute approximate surface area is 105 Å². The number of hydrogen-bond donors (Lipinski definition) is 1. The molecule has 0 bridgehead atoms. The number of epoxide rings is 1. The lowest BCUT2D eigenvalue weighted by atomic mass is 10.2. The molecule has 1 heterocycles. The van der Waals surface area contributed by atoms with Gasteiger partial charge >= 0.3 is 0 Å². The highest BCUT2D eigenvalue weighted by atomic mass is 79.9. The molecule has 1 aromatic carbocycles. The summed E-state index contributed by atoms with van der Waals surface area (Å²) in [4.78, 5) is 0. The van der Waals surface area contributed by atoms with Crippen LogP contribution < -0.4 is 4.74 Å². The maximum absolute atomic E-state index is 9.71. The molecule has 0 spiro atoms. The molecular weight excluding hydrogens is 328 g/mol. The summed E-state index contributed by atoms with van der Waals surface area (Å²) in [6.07, 6.45) is 0.210. The number of ether oxygens (including phenoxy) is 2. The van der Waals surface area contributed by atoms with Gasteiger partial charge < -0.3 is 14.6 Å². The predicted molar refractivity (Wildman–Crippen MR) is 63.5 cm³/mol. The van der Waals surface area contributed by atoms with Crippen molar-refractivity contribution in [1.29, 1.82) is 0 Å². The molecule has 1 aliphatic rings. The van der Waals surface area contributed by atoms with Crippen LogP contribution in [0.3, 0.4) is 0 Å². The minimum atomic E-state index is 0.210. The van der Waals surface area contributed by atoms with Gasteiger partial charge in [-0.2, -0.15) is 0 Å². The average molecular weight is 338 g/mol. The Balaban J connectivity index is 2.23. The van der Waals surface area contributed by atoms with Crippen molar-refractivity contribution in [2.45, 2.75) is 13.0 Å². The summed E-state index contributed by atoms with van der Waals surface area (Å²) in [5, 5.41) is 9.71. The second-order valence-electron chi connectivity index (χ2n) is 3.41. The molecule has 5 heteroatoms. The van der Waals surface area contributed by atoms with Crippen LogP contribution in [0, 0.1) is 6.92 Å². The van der Waals surface area contributed by atoms with Crippen molar-refractivity contribution in [2.24, 2.45) is 0 Å². The number of aromatic hydroxyl groups is 1. The molecule has 1 unspecified atom stereocenters. The first-order valence-corrected chi connectivity index (χ1v) is 6.10. The average Bonchev–Trinajstić information content (AvgIpc) is 2.98. The molecule has 0 saturated carbocycles. The van der Waals surface area contributed by atoms with Crippen molar-refractivity contribution in [3.63, 3.8) is 0 Å². The summed E-state index contributed by atoms with van der Waals surface area (Å²) in [6, 6.07) is 1.77. The van der Waals surface area contributed by atoms with Gasteiger partial charge in [0.05, 0.1) is 15.6 Å². The number of halogens is 2. The second kappa shape index (κ2) is 4.31. The SMILES string of the molecule is Cc1c(O)c(Br)cc(Br)c1OCC1CO1. The molecule has 82 valence electrons. The maximum Gasteiger partial charge on any atom is 0.140 e. The minimum absolute atomic E-state index is 0.210. The molecule has 0 radical (unpaired) electrons.